The largest absolute Gasteiger partial charge is 0.484 e. The Hall–Kier alpha value is -2.69. The van der Waals surface area contributed by atoms with Crippen molar-refractivity contribution in [3.63, 3.8) is 0 Å². The number of carbonyl (C=O) groups is 2. The fourth-order valence-electron chi connectivity index (χ4n) is 2.04. The van der Waals surface area contributed by atoms with Gasteiger partial charge in [-0.05, 0) is 61.9 Å². The highest BCUT2D eigenvalue weighted by atomic mass is 19.1. The number of hydrogen-bond donors (Lipinski definition) is 1. The van der Waals surface area contributed by atoms with E-state index >= 15 is 0 Å². The molecule has 1 N–H and O–H groups in total. The van der Waals surface area contributed by atoms with E-state index in [2.05, 4.69) is 5.32 Å². The molecule has 0 aliphatic heterocycles. The molecule has 0 spiro atoms. The van der Waals surface area contributed by atoms with Gasteiger partial charge in [-0.25, -0.2) is 4.39 Å². The summed E-state index contributed by atoms with van der Waals surface area (Å²) in [5.41, 5.74) is 0.885. The third-order valence-corrected chi connectivity index (χ3v) is 3.61. The van der Waals surface area contributed by atoms with Gasteiger partial charge in [0.1, 0.15) is 11.6 Å². The minimum absolute atomic E-state index is 0.0738. The van der Waals surface area contributed by atoms with Crippen LogP contribution in [0.25, 0.3) is 0 Å². The second-order valence-electron chi connectivity index (χ2n) is 5.53. The van der Waals surface area contributed by atoms with E-state index in [9.17, 15) is 14.0 Å². The summed E-state index contributed by atoms with van der Waals surface area (Å²) in [6, 6.07) is 12.0. The fraction of sp³-hybridized carbons (Fsp3) is 0.263. The van der Waals surface area contributed by atoms with Crippen LogP contribution in [-0.4, -0.2) is 24.3 Å². The van der Waals surface area contributed by atoms with E-state index in [1.54, 1.807) is 24.3 Å². The third-order valence-electron chi connectivity index (χ3n) is 3.61. The molecule has 0 aliphatic carbocycles. The topological polar surface area (TPSA) is 55.4 Å². The molecule has 0 saturated heterocycles. The zero-order chi connectivity index (χ0) is 17.5. The predicted octanol–water partition coefficient (Wildman–Crippen LogP) is 3.35. The van der Waals surface area contributed by atoms with Crippen molar-refractivity contribution in [3.05, 3.63) is 65.5 Å². The van der Waals surface area contributed by atoms with Gasteiger partial charge < -0.3 is 10.1 Å². The van der Waals surface area contributed by atoms with Crippen molar-refractivity contribution >= 4 is 11.7 Å². The molecule has 0 aliphatic rings. The van der Waals surface area contributed by atoms with Crippen molar-refractivity contribution in [2.75, 3.05) is 6.61 Å². The van der Waals surface area contributed by atoms with E-state index in [-0.39, 0.29) is 30.2 Å². The molecule has 1 unspecified atom stereocenters. The molecule has 1 amide bonds. The predicted molar refractivity (Wildman–Crippen MR) is 89.7 cm³/mol. The molecular formula is C19H20FNO3. The first-order chi connectivity index (χ1) is 11.5. The molecular weight excluding hydrogens is 309 g/mol. The number of amides is 1. The van der Waals surface area contributed by atoms with Gasteiger partial charge in [0.25, 0.3) is 5.91 Å². The lowest BCUT2D eigenvalue weighted by atomic mass is 10.0. The monoisotopic (exact) mass is 329 g/mol. The third kappa shape index (κ3) is 4.91. The van der Waals surface area contributed by atoms with Crippen molar-refractivity contribution in [1.82, 2.24) is 5.32 Å². The first-order valence-corrected chi connectivity index (χ1v) is 7.82. The number of halogens is 1. The molecule has 2 rings (SSSR count). The maximum Gasteiger partial charge on any atom is 0.258 e. The van der Waals surface area contributed by atoms with E-state index in [1.807, 2.05) is 13.8 Å². The zero-order valence-corrected chi connectivity index (χ0v) is 13.7. The van der Waals surface area contributed by atoms with Crippen LogP contribution in [-0.2, 0) is 4.79 Å². The van der Waals surface area contributed by atoms with Crippen LogP contribution in [0.15, 0.2) is 48.5 Å². The standard InChI is InChI=1S/C19H20FNO3/c1-3-13(2)21-18(22)12-24-17-10-6-15(7-11-17)19(23)14-4-8-16(20)9-5-14/h4-11,13H,3,12H2,1-2H3,(H,21,22). The molecule has 0 radical (unpaired) electrons. The van der Waals surface area contributed by atoms with Gasteiger partial charge in [-0.15, -0.1) is 0 Å². The van der Waals surface area contributed by atoms with Crippen LogP contribution in [0.4, 0.5) is 4.39 Å². The normalized spacial score (nSPS) is 11.6. The Bertz CT molecular complexity index is 696. The number of ketones is 1. The van der Waals surface area contributed by atoms with Crippen molar-refractivity contribution in [1.29, 1.82) is 0 Å². The Morgan fingerprint density at radius 1 is 1.04 bits per heavy atom. The second kappa shape index (κ2) is 8.24. The lowest BCUT2D eigenvalue weighted by molar-refractivity contribution is -0.123. The highest BCUT2D eigenvalue weighted by Gasteiger charge is 2.10. The van der Waals surface area contributed by atoms with Crippen molar-refractivity contribution in [2.45, 2.75) is 26.3 Å². The summed E-state index contributed by atoms with van der Waals surface area (Å²) in [5, 5.41) is 2.81. The summed E-state index contributed by atoms with van der Waals surface area (Å²) in [4.78, 5) is 23.9. The second-order valence-corrected chi connectivity index (χ2v) is 5.53. The fourth-order valence-corrected chi connectivity index (χ4v) is 2.04. The van der Waals surface area contributed by atoms with Crippen LogP contribution in [0.3, 0.4) is 0 Å². The summed E-state index contributed by atoms with van der Waals surface area (Å²) in [7, 11) is 0. The maximum absolute atomic E-state index is 12.9. The molecule has 0 fully saturated rings. The van der Waals surface area contributed by atoms with E-state index in [4.69, 9.17) is 4.74 Å². The lowest BCUT2D eigenvalue weighted by Crippen LogP contribution is -2.35. The highest BCUT2D eigenvalue weighted by Crippen LogP contribution is 2.16. The minimum Gasteiger partial charge on any atom is -0.484 e. The summed E-state index contributed by atoms with van der Waals surface area (Å²) in [6.07, 6.45) is 0.853. The van der Waals surface area contributed by atoms with Gasteiger partial charge in [-0.2, -0.15) is 0 Å². The van der Waals surface area contributed by atoms with Gasteiger partial charge in [0.15, 0.2) is 12.4 Å². The number of rotatable bonds is 7. The van der Waals surface area contributed by atoms with Crippen LogP contribution in [0.2, 0.25) is 0 Å². The first kappa shape index (κ1) is 17.7. The summed E-state index contributed by atoms with van der Waals surface area (Å²) in [5.74, 6) is -0.261. The minimum atomic E-state index is -0.383. The van der Waals surface area contributed by atoms with Crippen molar-refractivity contribution < 1.29 is 18.7 Å². The van der Waals surface area contributed by atoms with E-state index in [0.29, 0.717) is 16.9 Å². The Balaban J connectivity index is 1.94. The van der Waals surface area contributed by atoms with Crippen molar-refractivity contribution in [2.24, 2.45) is 0 Å². The molecule has 5 heteroatoms. The SMILES string of the molecule is CCC(C)NC(=O)COc1ccc(C(=O)c2ccc(F)cc2)cc1. The molecule has 4 nitrogen and oxygen atoms in total. The Morgan fingerprint density at radius 3 is 2.12 bits per heavy atom. The molecule has 126 valence electrons. The maximum atomic E-state index is 12.9. The molecule has 0 saturated carbocycles. The summed E-state index contributed by atoms with van der Waals surface area (Å²) < 4.78 is 18.3. The number of hydrogen-bond acceptors (Lipinski definition) is 3. The molecule has 2 aromatic carbocycles. The van der Waals surface area contributed by atoms with Gasteiger partial charge in [-0.3, -0.25) is 9.59 Å². The van der Waals surface area contributed by atoms with Crippen LogP contribution in [0, 0.1) is 5.82 Å². The number of nitrogens with one attached hydrogen (secondary N) is 1. The highest BCUT2D eigenvalue weighted by molar-refractivity contribution is 6.09. The molecule has 0 bridgehead atoms. The lowest BCUT2D eigenvalue weighted by Gasteiger charge is -2.12. The molecule has 0 aromatic heterocycles. The Kier molecular flexibility index (Phi) is 6.07. The summed E-state index contributed by atoms with van der Waals surface area (Å²) in [6.45, 7) is 3.84. The van der Waals surface area contributed by atoms with E-state index in [1.165, 1.54) is 24.3 Å². The molecule has 1 atom stereocenters. The average molecular weight is 329 g/mol. The van der Waals surface area contributed by atoms with E-state index in [0.717, 1.165) is 6.42 Å². The zero-order valence-electron chi connectivity index (χ0n) is 13.7. The van der Waals surface area contributed by atoms with Crippen LogP contribution in [0.5, 0.6) is 5.75 Å². The van der Waals surface area contributed by atoms with Crippen LogP contribution < -0.4 is 10.1 Å². The quantitative estimate of drug-likeness (QED) is 0.793. The average Bonchev–Trinajstić information content (AvgIpc) is 2.60. The Labute approximate surface area is 140 Å². The molecule has 2 aromatic rings. The first-order valence-electron chi connectivity index (χ1n) is 7.82. The molecule has 0 heterocycles. The van der Waals surface area contributed by atoms with Gasteiger partial charge in [0, 0.05) is 17.2 Å². The van der Waals surface area contributed by atoms with Crippen molar-refractivity contribution in [3.8, 4) is 5.75 Å². The van der Waals surface area contributed by atoms with Gasteiger partial charge in [-0.1, -0.05) is 6.92 Å². The van der Waals surface area contributed by atoms with Crippen LogP contribution >= 0.6 is 0 Å². The van der Waals surface area contributed by atoms with Gasteiger partial charge >= 0.3 is 0 Å². The van der Waals surface area contributed by atoms with Gasteiger partial charge in [0.2, 0.25) is 0 Å². The van der Waals surface area contributed by atoms with Crippen LogP contribution in [0.1, 0.15) is 36.2 Å². The smallest absolute Gasteiger partial charge is 0.258 e. The number of benzene rings is 2. The molecule has 24 heavy (non-hydrogen) atoms. The summed E-state index contributed by atoms with van der Waals surface area (Å²) >= 11 is 0. The number of ether oxygens (including phenoxy) is 1. The van der Waals surface area contributed by atoms with Gasteiger partial charge in [0.05, 0.1) is 0 Å². The Morgan fingerprint density at radius 2 is 1.58 bits per heavy atom. The van der Waals surface area contributed by atoms with E-state index < -0.39 is 0 Å². The number of carbonyl (C=O) groups excluding carboxylic acids is 2.